The zero-order valence-electron chi connectivity index (χ0n) is 18.4. The number of hydrogen-bond donors (Lipinski definition) is 1. The van der Waals surface area contributed by atoms with Gasteiger partial charge in [0.05, 0.1) is 0 Å². The lowest BCUT2D eigenvalue weighted by atomic mass is 9.80. The van der Waals surface area contributed by atoms with Crippen molar-refractivity contribution in [1.29, 1.82) is 5.26 Å². The van der Waals surface area contributed by atoms with Gasteiger partial charge in [0, 0.05) is 29.0 Å². The first-order valence-corrected chi connectivity index (χ1v) is 10.5. The zero-order valence-corrected chi connectivity index (χ0v) is 19.2. The Kier molecular flexibility index (Phi) is 5.97. The fraction of sp³-hybridized carbons (Fsp3) is 0.360. The molecule has 156 valence electrons. The number of nitrogens with one attached hydrogen (secondary N) is 1. The van der Waals surface area contributed by atoms with Gasteiger partial charge in [-0.25, -0.2) is 0 Å². The van der Waals surface area contributed by atoms with E-state index in [0.717, 1.165) is 23.2 Å². The Morgan fingerprint density at radius 2 is 2.03 bits per heavy atom. The summed E-state index contributed by atoms with van der Waals surface area (Å²) in [5, 5.41) is 13.0. The van der Waals surface area contributed by atoms with Crippen LogP contribution in [0.2, 0.25) is 5.02 Å². The molecule has 1 amide bonds. The van der Waals surface area contributed by atoms with E-state index in [0.29, 0.717) is 22.2 Å². The van der Waals surface area contributed by atoms with E-state index >= 15 is 0 Å². The normalized spacial score (nSPS) is 17.9. The third-order valence-corrected chi connectivity index (χ3v) is 6.60. The molecule has 0 aromatic heterocycles. The number of amides is 1. The molecular formula is C25H28ClN3O. The van der Waals surface area contributed by atoms with E-state index in [9.17, 15) is 10.1 Å². The maximum Gasteiger partial charge on any atom is 0.266 e. The number of halogens is 1. The molecule has 1 unspecified atom stereocenters. The average Bonchev–Trinajstić information content (AvgIpc) is 2.68. The first-order valence-electron chi connectivity index (χ1n) is 10.1. The van der Waals surface area contributed by atoms with Crippen molar-refractivity contribution in [2.75, 3.05) is 17.3 Å². The average molecular weight is 422 g/mol. The Bertz CT molecular complexity index is 1080. The molecule has 3 rings (SSSR count). The molecule has 30 heavy (non-hydrogen) atoms. The molecule has 1 aliphatic rings. The molecule has 0 fully saturated rings. The summed E-state index contributed by atoms with van der Waals surface area (Å²) in [4.78, 5) is 15.0. The van der Waals surface area contributed by atoms with Crippen LogP contribution in [0.4, 0.5) is 11.4 Å². The van der Waals surface area contributed by atoms with Crippen molar-refractivity contribution < 1.29 is 4.79 Å². The van der Waals surface area contributed by atoms with Crippen molar-refractivity contribution in [3.63, 3.8) is 0 Å². The molecule has 5 heteroatoms. The summed E-state index contributed by atoms with van der Waals surface area (Å²) >= 11 is 6.57. The van der Waals surface area contributed by atoms with E-state index in [4.69, 9.17) is 11.6 Å². The highest BCUT2D eigenvalue weighted by molar-refractivity contribution is 6.32. The molecule has 2 aromatic rings. The summed E-state index contributed by atoms with van der Waals surface area (Å²) in [5.74, 6) is -0.0868. The molecule has 0 aliphatic carbocycles. The molecule has 0 radical (unpaired) electrons. The van der Waals surface area contributed by atoms with Crippen LogP contribution in [0.3, 0.4) is 0 Å². The largest absolute Gasteiger partial charge is 0.369 e. The number of carbonyl (C=O) groups excluding carboxylic acids is 1. The predicted octanol–water partition coefficient (Wildman–Crippen LogP) is 6.22. The second-order valence-corrected chi connectivity index (χ2v) is 9.19. The number of nitrogens with zero attached hydrogens (tertiary/aromatic N) is 2. The van der Waals surface area contributed by atoms with Gasteiger partial charge >= 0.3 is 0 Å². The van der Waals surface area contributed by atoms with Gasteiger partial charge in [-0.15, -0.1) is 0 Å². The summed E-state index contributed by atoms with van der Waals surface area (Å²) in [7, 11) is 2.08. The summed E-state index contributed by atoms with van der Waals surface area (Å²) in [6.45, 7) is 10.6. The molecule has 0 saturated carbocycles. The number of rotatable bonds is 3. The van der Waals surface area contributed by atoms with Crippen molar-refractivity contribution in [2.45, 2.75) is 52.5 Å². The van der Waals surface area contributed by atoms with Crippen LogP contribution in [0.1, 0.15) is 55.4 Å². The highest BCUT2D eigenvalue weighted by Gasteiger charge is 2.34. The quantitative estimate of drug-likeness (QED) is 0.472. The van der Waals surface area contributed by atoms with Gasteiger partial charge in [-0.3, -0.25) is 4.79 Å². The first-order chi connectivity index (χ1) is 14.0. The standard InChI is InChI=1S/C25H28ClN3O/c1-15-8-7-9-22(17(15)3)28-24(30)19(14-27)10-18-11-20-16(2)13-25(4,5)29(6)23(20)12-21(18)26/h7-12,16H,13H2,1-6H3,(H,28,30)/b19-10+. The molecular weight excluding hydrogens is 394 g/mol. The summed E-state index contributed by atoms with van der Waals surface area (Å²) < 4.78 is 0. The second-order valence-electron chi connectivity index (χ2n) is 8.78. The van der Waals surface area contributed by atoms with Gasteiger partial charge in [-0.1, -0.05) is 30.7 Å². The van der Waals surface area contributed by atoms with Crippen LogP contribution in [0.25, 0.3) is 6.08 Å². The minimum atomic E-state index is -0.439. The maximum absolute atomic E-state index is 12.8. The minimum Gasteiger partial charge on any atom is -0.369 e. The van der Waals surface area contributed by atoms with Gasteiger partial charge in [0.15, 0.2) is 0 Å². The van der Waals surface area contributed by atoms with Gasteiger partial charge in [0.25, 0.3) is 5.91 Å². The molecule has 0 spiro atoms. The number of fused-ring (bicyclic) bond motifs is 1. The number of anilines is 2. The fourth-order valence-electron chi connectivity index (χ4n) is 4.10. The lowest BCUT2D eigenvalue weighted by Crippen LogP contribution is -2.45. The Balaban J connectivity index is 1.97. The van der Waals surface area contributed by atoms with E-state index in [1.807, 2.05) is 50.2 Å². The van der Waals surface area contributed by atoms with Gasteiger partial charge < -0.3 is 10.2 Å². The molecule has 4 nitrogen and oxygen atoms in total. The van der Waals surface area contributed by atoms with Gasteiger partial charge in [0.1, 0.15) is 11.6 Å². The van der Waals surface area contributed by atoms with Crippen LogP contribution >= 0.6 is 11.6 Å². The summed E-state index contributed by atoms with van der Waals surface area (Å²) in [6, 6.07) is 11.7. The molecule has 1 aliphatic heterocycles. The molecule has 1 atom stereocenters. The SMILES string of the molecule is Cc1cccc(NC(=O)/C(C#N)=C/c2cc3c(cc2Cl)N(C)C(C)(C)CC3C)c1C. The smallest absolute Gasteiger partial charge is 0.266 e. The molecule has 1 heterocycles. The van der Waals surface area contributed by atoms with Crippen molar-refractivity contribution in [3.05, 3.63) is 63.2 Å². The molecule has 1 N–H and O–H groups in total. The van der Waals surface area contributed by atoms with Crippen molar-refractivity contribution in [3.8, 4) is 6.07 Å². The number of aryl methyl sites for hydroxylation is 1. The van der Waals surface area contributed by atoms with Crippen LogP contribution in [0, 0.1) is 25.2 Å². The second kappa shape index (κ2) is 8.16. The Morgan fingerprint density at radius 1 is 1.33 bits per heavy atom. The van der Waals surface area contributed by atoms with Crippen LogP contribution in [-0.2, 0) is 4.79 Å². The summed E-state index contributed by atoms with van der Waals surface area (Å²) in [6.07, 6.45) is 2.59. The third kappa shape index (κ3) is 4.08. The third-order valence-electron chi connectivity index (χ3n) is 6.27. The lowest BCUT2D eigenvalue weighted by Gasteiger charge is -2.45. The van der Waals surface area contributed by atoms with Gasteiger partial charge in [0.2, 0.25) is 0 Å². The monoisotopic (exact) mass is 421 g/mol. The predicted molar refractivity (Wildman–Crippen MR) is 125 cm³/mol. The maximum atomic E-state index is 12.8. The number of carbonyl (C=O) groups is 1. The van der Waals surface area contributed by atoms with Crippen molar-refractivity contribution in [2.24, 2.45) is 0 Å². The molecule has 2 aromatic carbocycles. The topological polar surface area (TPSA) is 56.1 Å². The van der Waals surface area contributed by atoms with E-state index in [1.54, 1.807) is 6.08 Å². The fourth-order valence-corrected chi connectivity index (χ4v) is 4.31. The first kappa shape index (κ1) is 21.9. The van der Waals surface area contributed by atoms with E-state index in [2.05, 4.69) is 38.0 Å². The van der Waals surface area contributed by atoms with Crippen LogP contribution < -0.4 is 10.2 Å². The van der Waals surface area contributed by atoms with E-state index in [-0.39, 0.29) is 11.1 Å². The van der Waals surface area contributed by atoms with Crippen molar-refractivity contribution >= 4 is 35.0 Å². The Morgan fingerprint density at radius 3 is 2.70 bits per heavy atom. The lowest BCUT2D eigenvalue weighted by molar-refractivity contribution is -0.112. The number of hydrogen-bond acceptors (Lipinski definition) is 3. The van der Waals surface area contributed by atoms with Crippen LogP contribution in [-0.4, -0.2) is 18.5 Å². The van der Waals surface area contributed by atoms with Crippen molar-refractivity contribution in [1.82, 2.24) is 0 Å². The number of benzene rings is 2. The molecule has 0 saturated heterocycles. The highest BCUT2D eigenvalue weighted by Crippen LogP contribution is 2.44. The van der Waals surface area contributed by atoms with Gasteiger partial charge in [-0.2, -0.15) is 5.26 Å². The van der Waals surface area contributed by atoms with Gasteiger partial charge in [-0.05, 0) is 86.6 Å². The van der Waals surface area contributed by atoms with Crippen LogP contribution in [0.5, 0.6) is 0 Å². The molecule has 0 bridgehead atoms. The minimum absolute atomic E-state index is 0.0231. The van der Waals surface area contributed by atoms with E-state index < -0.39 is 5.91 Å². The Labute approximate surface area is 184 Å². The zero-order chi connectivity index (χ0) is 22.2. The number of nitriles is 1. The van der Waals surface area contributed by atoms with E-state index in [1.165, 1.54) is 5.56 Å². The van der Waals surface area contributed by atoms with Crippen LogP contribution in [0.15, 0.2) is 35.9 Å². The highest BCUT2D eigenvalue weighted by atomic mass is 35.5. The Hall–Kier alpha value is -2.77. The summed E-state index contributed by atoms with van der Waals surface area (Å²) in [5.41, 5.74) is 5.78.